The minimum Gasteiger partial charge on any atom is -0.171 e. The first kappa shape index (κ1) is 10.8. The summed E-state index contributed by atoms with van der Waals surface area (Å²) in [5.74, 6) is -0.0595. The quantitative estimate of drug-likeness (QED) is 0.468. The van der Waals surface area contributed by atoms with Crippen LogP contribution >= 0.6 is 11.6 Å². The molecule has 0 rings (SSSR count). The molecule has 0 aromatic rings. The average Bonchev–Trinajstić information content (AvgIpc) is 1.84. The maximum atomic E-state index is 11.8. The summed E-state index contributed by atoms with van der Waals surface area (Å²) in [6.07, 6.45) is -3.84. The summed E-state index contributed by atoms with van der Waals surface area (Å²) < 4.78 is 35.5. The van der Waals surface area contributed by atoms with Gasteiger partial charge in [-0.1, -0.05) is 13.0 Å². The molecule has 0 aromatic carbocycles. The maximum absolute atomic E-state index is 11.8. The second kappa shape index (κ2) is 3.48. The van der Waals surface area contributed by atoms with Crippen molar-refractivity contribution in [1.82, 2.24) is 0 Å². The van der Waals surface area contributed by atoms with Crippen molar-refractivity contribution >= 4 is 11.6 Å². The number of rotatable bonds is 3. The first-order chi connectivity index (χ1) is 4.83. The Labute approximate surface area is 69.0 Å². The van der Waals surface area contributed by atoms with Crippen molar-refractivity contribution in [1.29, 1.82) is 0 Å². The Morgan fingerprint density at radius 2 is 1.91 bits per heavy atom. The van der Waals surface area contributed by atoms with E-state index in [1.165, 1.54) is 13.0 Å². The fourth-order valence-corrected chi connectivity index (χ4v) is 0.835. The van der Waals surface area contributed by atoms with Crippen LogP contribution in [0.2, 0.25) is 0 Å². The molecule has 0 aliphatic carbocycles. The van der Waals surface area contributed by atoms with Crippen molar-refractivity contribution in [2.45, 2.75) is 19.5 Å². The topological polar surface area (TPSA) is 0 Å². The third-order valence-corrected chi connectivity index (χ3v) is 2.01. The van der Waals surface area contributed by atoms with Gasteiger partial charge in [0.05, 0.1) is 6.42 Å². The van der Waals surface area contributed by atoms with Crippen molar-refractivity contribution in [2.75, 3.05) is 5.88 Å². The van der Waals surface area contributed by atoms with Crippen LogP contribution in [0.25, 0.3) is 0 Å². The van der Waals surface area contributed by atoms with Crippen molar-refractivity contribution in [2.24, 2.45) is 5.41 Å². The van der Waals surface area contributed by atoms with Crippen LogP contribution in [-0.2, 0) is 0 Å². The Hall–Kier alpha value is -0.180. The van der Waals surface area contributed by atoms with Crippen LogP contribution in [-0.4, -0.2) is 12.1 Å². The Balaban J connectivity index is 4.19. The lowest BCUT2D eigenvalue weighted by Gasteiger charge is -2.23. The standard InChI is InChI=1S/C7H10ClF3/c1-3-6(2,5-8)4-7(9,10)11/h3H,1,4-5H2,2H3. The summed E-state index contributed by atoms with van der Waals surface area (Å²) >= 11 is 5.34. The highest BCUT2D eigenvalue weighted by Gasteiger charge is 2.36. The van der Waals surface area contributed by atoms with E-state index in [2.05, 4.69) is 6.58 Å². The molecule has 0 amide bonds. The zero-order valence-electron chi connectivity index (χ0n) is 6.21. The Bertz CT molecular complexity index is 141. The lowest BCUT2D eigenvalue weighted by Crippen LogP contribution is -2.24. The molecule has 0 aliphatic heterocycles. The van der Waals surface area contributed by atoms with Gasteiger partial charge in [0, 0.05) is 11.3 Å². The predicted octanol–water partition coefficient (Wildman–Crippen LogP) is 3.37. The van der Waals surface area contributed by atoms with Crippen LogP contribution in [0.15, 0.2) is 12.7 Å². The predicted molar refractivity (Wildman–Crippen MR) is 39.7 cm³/mol. The zero-order chi connectivity index (χ0) is 9.12. The molecular formula is C7H10ClF3. The van der Waals surface area contributed by atoms with Gasteiger partial charge in [-0.15, -0.1) is 18.2 Å². The third kappa shape index (κ3) is 4.30. The molecule has 0 N–H and O–H groups in total. The van der Waals surface area contributed by atoms with E-state index in [1.54, 1.807) is 0 Å². The van der Waals surface area contributed by atoms with E-state index in [4.69, 9.17) is 11.6 Å². The van der Waals surface area contributed by atoms with Gasteiger partial charge < -0.3 is 0 Å². The fraction of sp³-hybridized carbons (Fsp3) is 0.714. The third-order valence-electron chi connectivity index (χ3n) is 1.40. The number of hydrogen-bond donors (Lipinski definition) is 0. The van der Waals surface area contributed by atoms with E-state index >= 15 is 0 Å². The van der Waals surface area contributed by atoms with Gasteiger partial charge >= 0.3 is 6.18 Å². The minimum atomic E-state index is -4.17. The van der Waals surface area contributed by atoms with Crippen LogP contribution in [0.3, 0.4) is 0 Å². The van der Waals surface area contributed by atoms with Crippen LogP contribution in [0.1, 0.15) is 13.3 Å². The van der Waals surface area contributed by atoms with Gasteiger partial charge in [0.25, 0.3) is 0 Å². The van der Waals surface area contributed by atoms with Gasteiger partial charge in [0.15, 0.2) is 0 Å². The summed E-state index contributed by atoms with van der Waals surface area (Å²) in [6.45, 7) is 4.73. The second-order valence-corrected chi connectivity index (χ2v) is 3.05. The lowest BCUT2D eigenvalue weighted by molar-refractivity contribution is -0.148. The number of hydrogen-bond acceptors (Lipinski definition) is 0. The Kier molecular flexibility index (Phi) is 3.42. The molecule has 1 unspecified atom stereocenters. The van der Waals surface area contributed by atoms with E-state index in [0.717, 1.165) is 0 Å². The van der Waals surface area contributed by atoms with Crippen LogP contribution in [0.4, 0.5) is 13.2 Å². The highest BCUT2D eigenvalue weighted by atomic mass is 35.5. The monoisotopic (exact) mass is 186 g/mol. The molecule has 11 heavy (non-hydrogen) atoms. The Morgan fingerprint density at radius 3 is 2.00 bits per heavy atom. The molecule has 0 nitrogen and oxygen atoms in total. The Morgan fingerprint density at radius 1 is 1.45 bits per heavy atom. The van der Waals surface area contributed by atoms with E-state index < -0.39 is 18.0 Å². The lowest BCUT2D eigenvalue weighted by atomic mass is 9.89. The number of halogens is 4. The summed E-state index contributed by atoms with van der Waals surface area (Å²) in [5.41, 5.74) is -1.03. The van der Waals surface area contributed by atoms with Gasteiger partial charge in [-0.3, -0.25) is 0 Å². The smallest absolute Gasteiger partial charge is 0.171 e. The molecular weight excluding hydrogens is 177 g/mol. The van der Waals surface area contributed by atoms with Crippen molar-refractivity contribution in [3.63, 3.8) is 0 Å². The molecule has 0 bridgehead atoms. The highest BCUT2D eigenvalue weighted by Crippen LogP contribution is 2.34. The first-order valence-corrected chi connectivity index (χ1v) is 3.63. The summed E-state index contributed by atoms with van der Waals surface area (Å²) in [6, 6.07) is 0. The molecule has 1 atom stereocenters. The van der Waals surface area contributed by atoms with Crippen molar-refractivity contribution in [3.8, 4) is 0 Å². The molecule has 4 heteroatoms. The second-order valence-electron chi connectivity index (χ2n) is 2.78. The van der Waals surface area contributed by atoms with Gasteiger partial charge in [0.2, 0.25) is 0 Å². The summed E-state index contributed by atoms with van der Waals surface area (Å²) in [4.78, 5) is 0. The maximum Gasteiger partial charge on any atom is 0.389 e. The van der Waals surface area contributed by atoms with E-state index in [9.17, 15) is 13.2 Å². The summed E-state index contributed by atoms with van der Waals surface area (Å²) in [5, 5.41) is 0. The van der Waals surface area contributed by atoms with E-state index in [0.29, 0.717) is 0 Å². The molecule has 0 spiro atoms. The average molecular weight is 187 g/mol. The van der Waals surface area contributed by atoms with Crippen LogP contribution in [0, 0.1) is 5.41 Å². The van der Waals surface area contributed by atoms with Gasteiger partial charge in [-0.2, -0.15) is 13.2 Å². The largest absolute Gasteiger partial charge is 0.389 e. The highest BCUT2D eigenvalue weighted by molar-refractivity contribution is 6.18. The summed E-state index contributed by atoms with van der Waals surface area (Å²) in [7, 11) is 0. The first-order valence-electron chi connectivity index (χ1n) is 3.09. The van der Waals surface area contributed by atoms with E-state index in [1.807, 2.05) is 0 Å². The molecule has 66 valence electrons. The molecule has 0 fully saturated rings. The number of alkyl halides is 4. The molecule has 0 heterocycles. The van der Waals surface area contributed by atoms with Crippen molar-refractivity contribution in [3.05, 3.63) is 12.7 Å². The molecule has 0 saturated carbocycles. The zero-order valence-corrected chi connectivity index (χ0v) is 6.97. The molecule has 0 saturated heterocycles. The van der Waals surface area contributed by atoms with E-state index in [-0.39, 0.29) is 5.88 Å². The normalized spacial score (nSPS) is 17.5. The van der Waals surface area contributed by atoms with Gasteiger partial charge in [-0.05, 0) is 0 Å². The van der Waals surface area contributed by atoms with Gasteiger partial charge in [-0.25, -0.2) is 0 Å². The SMILES string of the molecule is C=CC(C)(CCl)CC(F)(F)F. The molecule has 0 aromatic heterocycles. The van der Waals surface area contributed by atoms with Crippen LogP contribution in [0.5, 0.6) is 0 Å². The minimum absolute atomic E-state index is 0.0595. The number of allylic oxidation sites excluding steroid dienone is 1. The fourth-order valence-electron chi connectivity index (χ4n) is 0.632. The van der Waals surface area contributed by atoms with Crippen molar-refractivity contribution < 1.29 is 13.2 Å². The molecule has 0 radical (unpaired) electrons. The molecule has 0 aliphatic rings. The van der Waals surface area contributed by atoms with Gasteiger partial charge in [0.1, 0.15) is 0 Å². The van der Waals surface area contributed by atoms with Crippen LogP contribution < -0.4 is 0 Å².